The number of anilines is 1. The van der Waals surface area contributed by atoms with Gasteiger partial charge in [-0.05, 0) is 80.7 Å². The van der Waals surface area contributed by atoms with E-state index >= 15 is 0 Å². The van der Waals surface area contributed by atoms with Crippen molar-refractivity contribution in [3.8, 4) is 5.75 Å². The summed E-state index contributed by atoms with van der Waals surface area (Å²) in [7, 11) is 0. The normalized spacial score (nSPS) is 23.0. The molecule has 1 N–H and O–H groups in total. The van der Waals surface area contributed by atoms with Crippen molar-refractivity contribution in [2.24, 2.45) is 17.8 Å². The van der Waals surface area contributed by atoms with E-state index in [1.165, 1.54) is 38.5 Å². The topological polar surface area (TPSA) is 79.0 Å². The zero-order valence-corrected chi connectivity index (χ0v) is 26.6. The van der Waals surface area contributed by atoms with Crippen LogP contribution in [0.15, 0.2) is 42.5 Å². The molecular formula is C35H46ClN3O4. The molecule has 0 aromatic heterocycles. The molecule has 2 unspecified atom stereocenters. The molecule has 2 aliphatic carbocycles. The summed E-state index contributed by atoms with van der Waals surface area (Å²) in [4.78, 5) is 44.2. The third kappa shape index (κ3) is 7.19. The smallest absolute Gasteiger partial charge is 0.318 e. The van der Waals surface area contributed by atoms with Crippen LogP contribution in [-0.4, -0.2) is 47.9 Å². The van der Waals surface area contributed by atoms with E-state index in [0.29, 0.717) is 54.3 Å². The van der Waals surface area contributed by atoms with Gasteiger partial charge >= 0.3 is 6.03 Å². The minimum absolute atomic E-state index is 0.111. The number of nitrogens with zero attached hydrogens (tertiary/aromatic N) is 2. The van der Waals surface area contributed by atoms with Crippen LogP contribution in [0.3, 0.4) is 0 Å². The van der Waals surface area contributed by atoms with E-state index in [2.05, 4.69) is 5.32 Å². The fourth-order valence-corrected chi connectivity index (χ4v) is 7.36. The van der Waals surface area contributed by atoms with Gasteiger partial charge in [0.15, 0.2) is 5.78 Å². The Kier molecular flexibility index (Phi) is 10.3. The van der Waals surface area contributed by atoms with Gasteiger partial charge in [0.2, 0.25) is 0 Å². The molecule has 8 heteroatoms. The molecule has 0 bridgehead atoms. The highest BCUT2D eigenvalue weighted by atomic mass is 35.5. The average molecular weight is 608 g/mol. The van der Waals surface area contributed by atoms with Gasteiger partial charge in [-0.1, -0.05) is 68.8 Å². The molecule has 232 valence electrons. The molecule has 2 fully saturated rings. The Morgan fingerprint density at radius 2 is 1.81 bits per heavy atom. The van der Waals surface area contributed by atoms with Crippen molar-refractivity contribution in [3.05, 3.63) is 58.6 Å². The zero-order valence-electron chi connectivity index (χ0n) is 25.8. The van der Waals surface area contributed by atoms with Crippen molar-refractivity contribution >= 4 is 35.0 Å². The second-order valence-corrected chi connectivity index (χ2v) is 13.2. The fraction of sp³-hybridized carbons (Fsp3) is 0.571. The lowest BCUT2D eigenvalue weighted by Gasteiger charge is -2.43. The third-order valence-electron chi connectivity index (χ3n) is 9.77. The molecule has 1 aliphatic heterocycles. The number of ether oxygens (including phenoxy) is 1. The van der Waals surface area contributed by atoms with Gasteiger partial charge in [0.05, 0.1) is 23.2 Å². The van der Waals surface area contributed by atoms with Crippen molar-refractivity contribution in [2.75, 3.05) is 18.1 Å². The number of para-hydroxylation sites is 1. The summed E-state index contributed by atoms with van der Waals surface area (Å²) >= 11 is 6.56. The fourth-order valence-electron chi connectivity index (χ4n) is 7.11. The van der Waals surface area contributed by atoms with Crippen molar-refractivity contribution < 1.29 is 19.1 Å². The van der Waals surface area contributed by atoms with E-state index in [1.807, 2.05) is 38.1 Å². The van der Waals surface area contributed by atoms with Gasteiger partial charge in [0, 0.05) is 31.2 Å². The SMILES string of the molecule is CCCOc1ccc(C(=O)N2C[C@@H](C)N(C(=O)N[C@@H](C)C(=O)CC3CCC3C3CCCCC3)Cc3ccccc32)c(Cl)c1. The number of hydrogen-bond acceptors (Lipinski definition) is 4. The van der Waals surface area contributed by atoms with Crippen molar-refractivity contribution in [2.45, 2.75) is 97.2 Å². The molecule has 7 nitrogen and oxygen atoms in total. The maximum Gasteiger partial charge on any atom is 0.318 e. The highest BCUT2D eigenvalue weighted by Crippen LogP contribution is 2.47. The Labute approximate surface area is 261 Å². The molecule has 0 radical (unpaired) electrons. The number of Topliss-reactive ketones (excluding diaryl/α,β-unsaturated/α-hetero) is 1. The first-order valence-corrected chi connectivity index (χ1v) is 16.6. The quantitative estimate of drug-likeness (QED) is 0.318. The van der Waals surface area contributed by atoms with E-state index in [4.69, 9.17) is 16.3 Å². The molecule has 0 saturated heterocycles. The summed E-state index contributed by atoms with van der Waals surface area (Å²) in [5, 5.41) is 3.32. The van der Waals surface area contributed by atoms with E-state index in [9.17, 15) is 14.4 Å². The van der Waals surface area contributed by atoms with Crippen LogP contribution in [0.25, 0.3) is 0 Å². The molecule has 1 heterocycles. The maximum absolute atomic E-state index is 13.9. The largest absolute Gasteiger partial charge is 0.494 e. The van der Waals surface area contributed by atoms with Crippen LogP contribution in [0.5, 0.6) is 5.75 Å². The van der Waals surface area contributed by atoms with Crippen LogP contribution in [0.4, 0.5) is 10.5 Å². The number of ketones is 1. The zero-order chi connectivity index (χ0) is 30.5. The van der Waals surface area contributed by atoms with Crippen LogP contribution >= 0.6 is 11.6 Å². The first kappa shape index (κ1) is 31.4. The number of halogens is 1. The van der Waals surface area contributed by atoms with E-state index < -0.39 is 6.04 Å². The summed E-state index contributed by atoms with van der Waals surface area (Å²) in [6, 6.07) is 11.6. The Balaban J connectivity index is 1.25. The molecule has 3 amide bonds. The molecule has 0 spiro atoms. The number of carbonyl (C=O) groups is 3. The standard InChI is InChI=1S/C35H46ClN3O4/c1-4-18-43-28-15-17-30(31(36)20-28)34(41)39-21-23(2)38(22-27-12-8-9-13-32(27)39)35(42)37-24(3)33(40)19-26-14-16-29(26)25-10-6-5-7-11-25/h8-9,12-13,15,17,20,23-26,29H,4-7,10-11,14,16,18-19,21-22H2,1-3H3,(H,37,42)/t23-,24+,26?,29?/m1/s1. The van der Waals surface area contributed by atoms with Crippen LogP contribution in [-0.2, 0) is 11.3 Å². The first-order valence-electron chi connectivity index (χ1n) is 16.2. The second kappa shape index (κ2) is 14.1. The molecular weight excluding hydrogens is 562 g/mol. The van der Waals surface area contributed by atoms with Crippen LogP contribution in [0, 0.1) is 17.8 Å². The van der Waals surface area contributed by atoms with Crippen LogP contribution in [0.1, 0.15) is 94.5 Å². The molecule has 2 saturated carbocycles. The minimum Gasteiger partial charge on any atom is -0.494 e. The lowest BCUT2D eigenvalue weighted by Crippen LogP contribution is -2.51. The van der Waals surface area contributed by atoms with Crippen molar-refractivity contribution in [3.63, 3.8) is 0 Å². The molecule has 4 atom stereocenters. The predicted molar refractivity (Wildman–Crippen MR) is 171 cm³/mol. The second-order valence-electron chi connectivity index (χ2n) is 12.8. The number of fused-ring (bicyclic) bond motifs is 1. The number of benzene rings is 2. The Morgan fingerprint density at radius 1 is 1.05 bits per heavy atom. The van der Waals surface area contributed by atoms with Crippen molar-refractivity contribution in [1.82, 2.24) is 10.2 Å². The van der Waals surface area contributed by atoms with Gasteiger partial charge in [-0.15, -0.1) is 0 Å². The maximum atomic E-state index is 13.9. The van der Waals surface area contributed by atoms with E-state index in [-0.39, 0.29) is 23.8 Å². The van der Waals surface area contributed by atoms with E-state index in [1.54, 1.807) is 34.9 Å². The van der Waals surface area contributed by atoms with Crippen LogP contribution < -0.4 is 15.0 Å². The Hall–Kier alpha value is -3.06. The predicted octanol–water partition coefficient (Wildman–Crippen LogP) is 7.64. The Bertz CT molecular complexity index is 1310. The number of amides is 3. The number of hydrogen-bond donors (Lipinski definition) is 1. The summed E-state index contributed by atoms with van der Waals surface area (Å²) in [6.07, 6.45) is 10.4. The molecule has 2 aromatic carbocycles. The van der Waals surface area contributed by atoms with Gasteiger partial charge in [-0.25, -0.2) is 4.79 Å². The minimum atomic E-state index is -0.559. The van der Waals surface area contributed by atoms with Gasteiger partial charge in [0.1, 0.15) is 5.75 Å². The van der Waals surface area contributed by atoms with Gasteiger partial charge in [0.25, 0.3) is 5.91 Å². The third-order valence-corrected chi connectivity index (χ3v) is 10.1. The number of urea groups is 1. The van der Waals surface area contributed by atoms with Gasteiger partial charge in [-0.3, -0.25) is 9.59 Å². The lowest BCUT2D eigenvalue weighted by molar-refractivity contribution is -0.123. The molecule has 3 aliphatic rings. The highest BCUT2D eigenvalue weighted by Gasteiger charge is 2.39. The van der Waals surface area contributed by atoms with Gasteiger partial charge in [-0.2, -0.15) is 0 Å². The summed E-state index contributed by atoms with van der Waals surface area (Å²) in [5.41, 5.74) is 1.99. The molecule has 2 aromatic rings. The monoisotopic (exact) mass is 607 g/mol. The lowest BCUT2D eigenvalue weighted by atomic mass is 9.62. The first-order chi connectivity index (χ1) is 20.8. The van der Waals surface area contributed by atoms with Crippen molar-refractivity contribution in [1.29, 1.82) is 0 Å². The van der Waals surface area contributed by atoms with E-state index in [0.717, 1.165) is 30.0 Å². The molecule has 43 heavy (non-hydrogen) atoms. The summed E-state index contributed by atoms with van der Waals surface area (Å²) in [6.45, 7) is 6.96. The summed E-state index contributed by atoms with van der Waals surface area (Å²) < 4.78 is 5.68. The number of carbonyl (C=O) groups excluding carboxylic acids is 3. The van der Waals surface area contributed by atoms with Gasteiger partial charge < -0.3 is 19.9 Å². The number of rotatable bonds is 9. The summed E-state index contributed by atoms with van der Waals surface area (Å²) in [5.74, 6) is 2.41. The number of nitrogens with one attached hydrogen (secondary N) is 1. The average Bonchev–Trinajstić information content (AvgIpc) is 3.14. The molecule has 5 rings (SSSR count). The highest BCUT2D eigenvalue weighted by molar-refractivity contribution is 6.34. The van der Waals surface area contributed by atoms with Crippen LogP contribution in [0.2, 0.25) is 5.02 Å². The Morgan fingerprint density at radius 3 is 2.51 bits per heavy atom.